The molecule has 0 aliphatic rings. The second-order valence-corrected chi connectivity index (χ2v) is 5.14. The molecule has 2 rings (SSSR count). The van der Waals surface area contributed by atoms with Crippen LogP contribution in [0.4, 0.5) is 0 Å². The number of hydrogen-bond acceptors (Lipinski definition) is 4. The van der Waals surface area contributed by atoms with Crippen molar-refractivity contribution in [1.82, 2.24) is 4.57 Å². The molecule has 0 aliphatic carbocycles. The highest BCUT2D eigenvalue weighted by Gasteiger charge is 2.17. The average molecular weight is 467 g/mol. The summed E-state index contributed by atoms with van der Waals surface area (Å²) in [5.41, 5.74) is 0.243. The number of fused-ring (bicyclic) bond motifs is 1. The summed E-state index contributed by atoms with van der Waals surface area (Å²) in [5, 5.41) is 7.85. The number of rotatable bonds is 2. The molecule has 156 valence electrons. The van der Waals surface area contributed by atoms with Crippen molar-refractivity contribution in [2.75, 3.05) is 14.2 Å². The molecule has 27 heavy (non-hydrogen) atoms. The van der Waals surface area contributed by atoms with Crippen LogP contribution >= 0.6 is 27.5 Å². The van der Waals surface area contributed by atoms with Crippen molar-refractivity contribution >= 4 is 44.4 Å². The molecule has 5 nitrogen and oxygen atoms in total. The number of methoxy groups -OCH3 is 1. The lowest BCUT2D eigenvalue weighted by Crippen LogP contribution is -2.20. The fourth-order valence-electron chi connectivity index (χ4n) is 1.93. The smallest absolute Gasteiger partial charge is 0.343 e. The first kappa shape index (κ1) is 30.4. The zero-order valence-electron chi connectivity index (χ0n) is 17.8. The minimum atomic E-state index is -0.645. The van der Waals surface area contributed by atoms with E-state index in [1.54, 1.807) is 16.7 Å². The van der Waals surface area contributed by atoms with E-state index < -0.39 is 5.97 Å². The summed E-state index contributed by atoms with van der Waals surface area (Å²) in [7, 11) is 2.25. The van der Waals surface area contributed by atoms with Crippen molar-refractivity contribution in [1.29, 1.82) is 0 Å². The van der Waals surface area contributed by atoms with E-state index in [1.165, 1.54) is 13.3 Å². The molecule has 2 aromatic rings. The number of halogens is 2. The van der Waals surface area contributed by atoms with E-state index in [-0.39, 0.29) is 11.0 Å². The van der Waals surface area contributed by atoms with E-state index in [0.717, 1.165) is 7.11 Å². The molecule has 0 atom stereocenters. The molecule has 0 amide bonds. The summed E-state index contributed by atoms with van der Waals surface area (Å²) in [6, 6.07) is 3.33. The number of carbonyl (C=O) groups excluding carboxylic acids is 1. The normalized spacial score (nSPS) is 8.44. The van der Waals surface area contributed by atoms with Gasteiger partial charge in [-0.25, -0.2) is 4.79 Å². The second-order valence-electron chi connectivity index (χ2n) is 3.91. The fourth-order valence-corrected chi connectivity index (χ4v) is 2.53. The van der Waals surface area contributed by atoms with Crippen molar-refractivity contribution in [3.63, 3.8) is 0 Å². The second kappa shape index (κ2) is 18.0. The Bertz CT molecular complexity index is 730. The maximum Gasteiger partial charge on any atom is 0.343 e. The van der Waals surface area contributed by atoms with Gasteiger partial charge >= 0.3 is 5.97 Å². The van der Waals surface area contributed by atoms with Crippen LogP contribution in [0.1, 0.15) is 58.8 Å². The van der Waals surface area contributed by atoms with E-state index >= 15 is 0 Å². The number of esters is 1. The molecule has 0 radical (unpaired) electrons. The number of aliphatic hydroxyl groups excluding tert-OH is 1. The van der Waals surface area contributed by atoms with E-state index in [2.05, 4.69) is 20.7 Å². The topological polar surface area (TPSA) is 68.5 Å². The summed E-state index contributed by atoms with van der Waals surface area (Å²) in [5.74, 6) is -0.645. The van der Waals surface area contributed by atoms with E-state index in [9.17, 15) is 9.59 Å². The third-order valence-electron chi connectivity index (χ3n) is 2.88. The van der Waals surface area contributed by atoms with Crippen LogP contribution in [0.15, 0.2) is 27.6 Å². The molecule has 0 fully saturated rings. The van der Waals surface area contributed by atoms with Crippen LogP contribution < -0.4 is 5.43 Å². The van der Waals surface area contributed by atoms with Crippen LogP contribution in [0.3, 0.4) is 0 Å². The largest absolute Gasteiger partial charge is 0.465 e. The first-order valence-electron chi connectivity index (χ1n) is 9.05. The number of aromatic nitrogens is 1. The molecule has 0 saturated heterocycles. The number of aliphatic hydroxyl groups is 1. The Morgan fingerprint density at radius 2 is 1.63 bits per heavy atom. The predicted octanol–water partition coefficient (Wildman–Crippen LogP) is 5.91. The van der Waals surface area contributed by atoms with Gasteiger partial charge in [0.15, 0.2) is 0 Å². The van der Waals surface area contributed by atoms with Gasteiger partial charge in [-0.1, -0.05) is 53.1 Å². The molecular formula is C20H33BrClNO4. The molecule has 0 aliphatic heterocycles. The molecule has 0 spiro atoms. The van der Waals surface area contributed by atoms with Crippen LogP contribution in [0.2, 0.25) is 5.02 Å². The molecule has 1 heterocycles. The summed E-state index contributed by atoms with van der Waals surface area (Å²) in [4.78, 5) is 23.9. The Hall–Kier alpha value is -1.37. The first-order chi connectivity index (χ1) is 13.0. The number of hydrogen-bond donors (Lipinski definition) is 1. The van der Waals surface area contributed by atoms with Crippen molar-refractivity contribution in [3.8, 4) is 0 Å². The third kappa shape index (κ3) is 8.03. The van der Waals surface area contributed by atoms with Gasteiger partial charge in [0.1, 0.15) is 5.56 Å². The minimum Gasteiger partial charge on any atom is -0.465 e. The fraction of sp³-hybridized carbons (Fsp3) is 0.500. The Morgan fingerprint density at radius 3 is 2.04 bits per heavy atom. The lowest BCUT2D eigenvalue weighted by molar-refractivity contribution is 0.0598. The number of ether oxygens (including phenoxy) is 1. The van der Waals surface area contributed by atoms with Gasteiger partial charge < -0.3 is 14.4 Å². The Labute approximate surface area is 176 Å². The Balaban J connectivity index is -0.000000638. The maximum atomic E-state index is 12.3. The summed E-state index contributed by atoms with van der Waals surface area (Å²) in [6.07, 6.45) is 1.48. The van der Waals surface area contributed by atoms with Crippen LogP contribution in [-0.4, -0.2) is 29.9 Å². The molecular weight excluding hydrogens is 434 g/mol. The molecule has 1 aromatic carbocycles. The van der Waals surface area contributed by atoms with Crippen molar-refractivity contribution in [3.05, 3.63) is 43.6 Å². The number of benzene rings is 1. The zero-order valence-corrected chi connectivity index (χ0v) is 20.2. The van der Waals surface area contributed by atoms with Gasteiger partial charge in [0.25, 0.3) is 0 Å². The standard InChI is InChI=1S/C13H11BrClNO3.3C2H6.CH4O/c1-3-16-6-8(13(18)19-2)12(17)7-4-5-9(14)10(15)11(7)16;4*1-2/h4-6H,3H2,1-2H3;3*1-2H3;2H,1H3. The van der Waals surface area contributed by atoms with Crippen LogP contribution in [0, 0.1) is 0 Å². The van der Waals surface area contributed by atoms with E-state index in [1.807, 2.05) is 48.5 Å². The molecule has 0 unspecified atom stereocenters. The average Bonchev–Trinajstić information content (AvgIpc) is 2.76. The minimum absolute atomic E-state index is 0.00948. The van der Waals surface area contributed by atoms with Gasteiger partial charge in [-0.05, 0) is 35.0 Å². The van der Waals surface area contributed by atoms with E-state index in [0.29, 0.717) is 26.9 Å². The third-order valence-corrected chi connectivity index (χ3v) is 4.15. The van der Waals surface area contributed by atoms with Crippen LogP contribution in [-0.2, 0) is 11.3 Å². The SMILES string of the molecule is CC.CC.CC.CCn1cc(C(=O)OC)c(=O)c2ccc(Br)c(Cl)c21.CO. The number of nitrogens with zero attached hydrogens (tertiary/aromatic N) is 1. The summed E-state index contributed by atoms with van der Waals surface area (Å²) < 4.78 is 7.09. The molecule has 0 saturated carbocycles. The van der Waals surface area contributed by atoms with Gasteiger partial charge in [-0.2, -0.15) is 0 Å². The van der Waals surface area contributed by atoms with Gasteiger partial charge in [0.05, 0.1) is 17.6 Å². The van der Waals surface area contributed by atoms with Gasteiger partial charge in [0, 0.05) is 29.7 Å². The molecule has 1 aromatic heterocycles. The van der Waals surface area contributed by atoms with Gasteiger partial charge in [-0.3, -0.25) is 4.79 Å². The Kier molecular flexibility index (Phi) is 20.3. The van der Waals surface area contributed by atoms with Crippen LogP contribution in [0.5, 0.6) is 0 Å². The Morgan fingerprint density at radius 1 is 1.15 bits per heavy atom. The van der Waals surface area contributed by atoms with Crippen LogP contribution in [0.25, 0.3) is 10.9 Å². The highest BCUT2D eigenvalue weighted by atomic mass is 79.9. The lowest BCUT2D eigenvalue weighted by Gasteiger charge is -2.12. The molecule has 1 N–H and O–H groups in total. The number of carbonyl (C=O) groups is 1. The highest BCUT2D eigenvalue weighted by molar-refractivity contribution is 9.10. The monoisotopic (exact) mass is 465 g/mol. The van der Waals surface area contributed by atoms with Crippen molar-refractivity contribution in [2.24, 2.45) is 0 Å². The predicted molar refractivity (Wildman–Crippen MR) is 120 cm³/mol. The van der Waals surface area contributed by atoms with Crippen molar-refractivity contribution in [2.45, 2.75) is 55.0 Å². The quantitative estimate of drug-likeness (QED) is 0.558. The molecule has 7 heteroatoms. The summed E-state index contributed by atoms with van der Waals surface area (Å²) in [6.45, 7) is 14.5. The lowest BCUT2D eigenvalue weighted by atomic mass is 10.1. The number of pyridine rings is 1. The summed E-state index contributed by atoms with van der Waals surface area (Å²) >= 11 is 9.55. The van der Waals surface area contributed by atoms with E-state index in [4.69, 9.17) is 16.7 Å². The number of aryl methyl sites for hydroxylation is 1. The van der Waals surface area contributed by atoms with Gasteiger partial charge in [-0.15, -0.1) is 0 Å². The van der Waals surface area contributed by atoms with Gasteiger partial charge in [0.2, 0.25) is 5.43 Å². The highest BCUT2D eigenvalue weighted by Crippen LogP contribution is 2.30. The zero-order chi connectivity index (χ0) is 22.2. The maximum absolute atomic E-state index is 12.3. The first-order valence-corrected chi connectivity index (χ1v) is 10.2. The van der Waals surface area contributed by atoms with Crippen molar-refractivity contribution < 1.29 is 14.6 Å². The molecule has 0 bridgehead atoms.